The lowest BCUT2D eigenvalue weighted by Gasteiger charge is -2.18. The zero-order chi connectivity index (χ0) is 18.6. The van der Waals surface area contributed by atoms with Gasteiger partial charge in [0.2, 0.25) is 5.91 Å². The summed E-state index contributed by atoms with van der Waals surface area (Å²) in [7, 11) is 0. The molecule has 1 heterocycles. The largest absolute Gasteiger partial charge is 0.324 e. The van der Waals surface area contributed by atoms with Crippen LogP contribution in [0.25, 0.3) is 0 Å². The first-order chi connectivity index (χ1) is 11.9. The average molecular weight is 343 g/mol. The van der Waals surface area contributed by atoms with Crippen molar-refractivity contribution in [2.75, 3.05) is 5.32 Å². The molecule has 0 fully saturated rings. The van der Waals surface area contributed by atoms with Crippen molar-refractivity contribution < 1.29 is 9.72 Å². The number of aryl methyl sites for hydroxylation is 2. The number of rotatable bonds is 6. The molecule has 0 saturated carbocycles. The summed E-state index contributed by atoms with van der Waals surface area (Å²) in [5, 5.41) is 13.8. The number of nitrogens with zero attached hydrogens (tertiary/aromatic N) is 2. The number of aromatic nitrogens is 1. The van der Waals surface area contributed by atoms with Gasteiger partial charge in [-0.1, -0.05) is 32.0 Å². The SMILES string of the molecule is CCc1cccc(CC)c1NC(=O)C(C)n1cc([N+](=O)[O-])ccc1=O. The topological polar surface area (TPSA) is 94.2 Å². The molecule has 1 unspecified atom stereocenters. The third kappa shape index (κ3) is 3.93. The fraction of sp³-hybridized carbons (Fsp3) is 0.333. The van der Waals surface area contributed by atoms with Crippen LogP contribution in [-0.2, 0) is 17.6 Å². The Morgan fingerprint density at radius 1 is 1.20 bits per heavy atom. The number of anilines is 1. The van der Waals surface area contributed by atoms with E-state index in [1.807, 2.05) is 32.0 Å². The monoisotopic (exact) mass is 343 g/mol. The van der Waals surface area contributed by atoms with Gasteiger partial charge in [0.25, 0.3) is 11.2 Å². The van der Waals surface area contributed by atoms with Gasteiger partial charge >= 0.3 is 0 Å². The van der Waals surface area contributed by atoms with Gasteiger partial charge < -0.3 is 5.32 Å². The van der Waals surface area contributed by atoms with E-state index < -0.39 is 22.4 Å². The van der Waals surface area contributed by atoms with Crippen LogP contribution in [0.4, 0.5) is 11.4 Å². The molecule has 1 amide bonds. The highest BCUT2D eigenvalue weighted by Gasteiger charge is 2.20. The Morgan fingerprint density at radius 2 is 1.80 bits per heavy atom. The van der Waals surface area contributed by atoms with Gasteiger partial charge in [-0.3, -0.25) is 24.3 Å². The minimum Gasteiger partial charge on any atom is -0.324 e. The number of hydrogen-bond acceptors (Lipinski definition) is 4. The van der Waals surface area contributed by atoms with Crippen LogP contribution in [0.5, 0.6) is 0 Å². The summed E-state index contributed by atoms with van der Waals surface area (Å²) in [5.74, 6) is -0.391. The standard InChI is InChI=1S/C18H21N3O4/c1-4-13-7-6-8-14(5-2)17(13)19-18(23)12(3)20-11-15(21(24)25)9-10-16(20)22/h6-12H,4-5H2,1-3H3,(H,19,23). The second-order valence-electron chi connectivity index (χ2n) is 5.71. The molecule has 2 rings (SSSR count). The Balaban J connectivity index is 2.35. The Morgan fingerprint density at radius 3 is 2.32 bits per heavy atom. The first-order valence-corrected chi connectivity index (χ1v) is 8.17. The van der Waals surface area contributed by atoms with E-state index in [1.165, 1.54) is 0 Å². The van der Waals surface area contributed by atoms with E-state index in [9.17, 15) is 19.7 Å². The number of pyridine rings is 1. The van der Waals surface area contributed by atoms with Gasteiger partial charge in [-0.25, -0.2) is 0 Å². The molecule has 1 N–H and O–H groups in total. The molecule has 25 heavy (non-hydrogen) atoms. The number of carbonyl (C=O) groups is 1. The van der Waals surface area contributed by atoms with Crippen molar-refractivity contribution in [3.63, 3.8) is 0 Å². The number of nitrogens with one attached hydrogen (secondary N) is 1. The molecule has 0 saturated heterocycles. The third-order valence-electron chi connectivity index (χ3n) is 4.18. The lowest BCUT2D eigenvalue weighted by atomic mass is 10.0. The predicted octanol–water partition coefficient (Wildman–Crippen LogP) is 3.08. The first kappa shape index (κ1) is 18.4. The predicted molar refractivity (Wildman–Crippen MR) is 95.9 cm³/mol. The van der Waals surface area contributed by atoms with Crippen molar-refractivity contribution in [3.05, 3.63) is 68.1 Å². The molecule has 1 atom stereocenters. The Bertz CT molecular complexity index is 835. The van der Waals surface area contributed by atoms with E-state index in [1.54, 1.807) is 6.92 Å². The van der Waals surface area contributed by atoms with Crippen LogP contribution in [0, 0.1) is 10.1 Å². The highest BCUT2D eigenvalue weighted by atomic mass is 16.6. The normalized spacial score (nSPS) is 11.8. The maximum absolute atomic E-state index is 12.6. The van der Waals surface area contributed by atoms with Gasteiger partial charge in [0, 0.05) is 17.8 Å². The number of amides is 1. The molecule has 0 bridgehead atoms. The Kier molecular flexibility index (Phi) is 5.69. The van der Waals surface area contributed by atoms with Gasteiger partial charge in [0.1, 0.15) is 6.04 Å². The molecule has 1 aromatic carbocycles. The van der Waals surface area contributed by atoms with E-state index in [-0.39, 0.29) is 5.69 Å². The van der Waals surface area contributed by atoms with E-state index in [4.69, 9.17) is 0 Å². The molecule has 7 nitrogen and oxygen atoms in total. The molecular formula is C18H21N3O4. The molecule has 0 aliphatic carbocycles. The summed E-state index contributed by atoms with van der Waals surface area (Å²) in [5.41, 5.74) is 2.07. The van der Waals surface area contributed by atoms with Crippen LogP contribution in [-0.4, -0.2) is 15.4 Å². The van der Waals surface area contributed by atoms with Gasteiger partial charge in [0.05, 0.1) is 11.1 Å². The van der Waals surface area contributed by atoms with Crippen LogP contribution in [0.2, 0.25) is 0 Å². The van der Waals surface area contributed by atoms with Crippen molar-refractivity contribution >= 4 is 17.3 Å². The molecule has 2 aromatic rings. The zero-order valence-corrected chi connectivity index (χ0v) is 14.5. The number of hydrogen-bond donors (Lipinski definition) is 1. The summed E-state index contributed by atoms with van der Waals surface area (Å²) in [6, 6.07) is 7.19. The highest BCUT2D eigenvalue weighted by molar-refractivity contribution is 5.95. The van der Waals surface area contributed by atoms with Crippen molar-refractivity contribution in [2.24, 2.45) is 0 Å². The Hall–Kier alpha value is -2.96. The van der Waals surface area contributed by atoms with E-state index in [0.29, 0.717) is 0 Å². The van der Waals surface area contributed by atoms with Crippen LogP contribution in [0.1, 0.15) is 37.9 Å². The maximum atomic E-state index is 12.6. The number of para-hydroxylation sites is 1. The smallest absolute Gasteiger partial charge is 0.285 e. The van der Waals surface area contributed by atoms with Crippen LogP contribution in [0.3, 0.4) is 0 Å². The third-order valence-corrected chi connectivity index (χ3v) is 4.18. The second kappa shape index (κ2) is 7.74. The lowest BCUT2D eigenvalue weighted by molar-refractivity contribution is -0.385. The van der Waals surface area contributed by atoms with Crippen LogP contribution < -0.4 is 10.9 Å². The summed E-state index contributed by atoms with van der Waals surface area (Å²) in [6.07, 6.45) is 2.61. The summed E-state index contributed by atoms with van der Waals surface area (Å²) < 4.78 is 1.08. The molecule has 0 aliphatic heterocycles. The Labute approximate surface area is 145 Å². The fourth-order valence-electron chi connectivity index (χ4n) is 2.66. The van der Waals surface area contributed by atoms with Crippen molar-refractivity contribution in [1.29, 1.82) is 0 Å². The zero-order valence-electron chi connectivity index (χ0n) is 14.5. The van der Waals surface area contributed by atoms with Crippen LogP contribution in [0.15, 0.2) is 41.3 Å². The first-order valence-electron chi connectivity index (χ1n) is 8.17. The maximum Gasteiger partial charge on any atom is 0.285 e. The summed E-state index contributed by atoms with van der Waals surface area (Å²) in [4.78, 5) is 35.0. The minimum absolute atomic E-state index is 0.234. The molecule has 132 valence electrons. The van der Waals surface area contributed by atoms with Gasteiger partial charge in [-0.2, -0.15) is 0 Å². The number of nitro groups is 1. The van der Waals surface area contributed by atoms with Crippen molar-refractivity contribution in [1.82, 2.24) is 4.57 Å². The number of benzene rings is 1. The van der Waals surface area contributed by atoms with Gasteiger partial charge in [-0.15, -0.1) is 0 Å². The average Bonchev–Trinajstić information content (AvgIpc) is 2.61. The number of carbonyl (C=O) groups excluding carboxylic acids is 1. The second-order valence-corrected chi connectivity index (χ2v) is 5.71. The van der Waals surface area contributed by atoms with Gasteiger partial charge in [-0.05, 0) is 30.9 Å². The lowest BCUT2D eigenvalue weighted by Crippen LogP contribution is -2.31. The molecular weight excluding hydrogens is 322 g/mol. The van der Waals surface area contributed by atoms with Crippen molar-refractivity contribution in [3.8, 4) is 0 Å². The summed E-state index contributed by atoms with van der Waals surface area (Å²) in [6.45, 7) is 5.54. The minimum atomic E-state index is -0.873. The summed E-state index contributed by atoms with van der Waals surface area (Å²) >= 11 is 0. The molecule has 0 radical (unpaired) electrons. The van der Waals surface area contributed by atoms with E-state index in [2.05, 4.69) is 5.32 Å². The molecule has 7 heteroatoms. The van der Waals surface area contributed by atoms with Crippen molar-refractivity contribution in [2.45, 2.75) is 39.7 Å². The van der Waals surface area contributed by atoms with E-state index >= 15 is 0 Å². The fourth-order valence-corrected chi connectivity index (χ4v) is 2.66. The highest BCUT2D eigenvalue weighted by Crippen LogP contribution is 2.24. The van der Waals surface area contributed by atoms with E-state index in [0.717, 1.165) is 52.6 Å². The molecule has 0 spiro atoms. The molecule has 0 aliphatic rings. The van der Waals surface area contributed by atoms with Crippen LogP contribution >= 0.6 is 0 Å². The van der Waals surface area contributed by atoms with Gasteiger partial charge in [0.15, 0.2) is 0 Å². The molecule has 1 aromatic heterocycles. The quantitative estimate of drug-likeness (QED) is 0.644.